The molecule has 1 aromatic heterocycles. The van der Waals surface area contributed by atoms with Crippen molar-refractivity contribution in [3.05, 3.63) is 48.5 Å². The monoisotopic (exact) mass is 515 g/mol. The average molecular weight is 515 g/mol. The van der Waals surface area contributed by atoms with Gasteiger partial charge in [0.15, 0.2) is 5.96 Å². The second-order valence-electron chi connectivity index (χ2n) is 6.82. The van der Waals surface area contributed by atoms with Crippen molar-refractivity contribution in [1.29, 1.82) is 0 Å². The predicted octanol–water partition coefficient (Wildman–Crippen LogP) is 3.24. The van der Waals surface area contributed by atoms with Gasteiger partial charge in [-0.3, -0.25) is 9.20 Å². The fraction of sp³-hybridized carbons (Fsp3) is 0.500. The maximum Gasteiger partial charge on any atom is 0.191 e. The maximum absolute atomic E-state index is 12.2. The molecule has 8 heteroatoms. The second kappa shape index (κ2) is 11.5. The minimum absolute atomic E-state index is 0. The van der Waals surface area contributed by atoms with Crippen molar-refractivity contribution in [2.45, 2.75) is 50.4 Å². The fourth-order valence-corrected chi connectivity index (χ4v) is 4.98. The highest BCUT2D eigenvalue weighted by molar-refractivity contribution is 14.0. The molecule has 28 heavy (non-hydrogen) atoms. The number of aromatic nitrogens is 2. The highest BCUT2D eigenvalue weighted by atomic mass is 127. The Morgan fingerprint density at radius 1 is 1.36 bits per heavy atom. The Morgan fingerprint density at radius 2 is 2.18 bits per heavy atom. The van der Waals surface area contributed by atoms with Gasteiger partial charge in [-0.1, -0.05) is 31.5 Å². The molecular weight excluding hydrogens is 485 g/mol. The number of para-hydroxylation sites is 1. The van der Waals surface area contributed by atoms with Crippen LogP contribution in [-0.2, 0) is 17.3 Å². The molecule has 3 rings (SSSR count). The molecule has 1 heterocycles. The Bertz CT molecular complexity index is 781. The van der Waals surface area contributed by atoms with Crippen LogP contribution < -0.4 is 10.6 Å². The average Bonchev–Trinajstić information content (AvgIpc) is 3.25. The van der Waals surface area contributed by atoms with Gasteiger partial charge in [-0.25, -0.2) is 4.98 Å². The molecule has 6 nitrogen and oxygen atoms in total. The standard InChI is InChI=1S/C20H29N5OS.HI/c1-3-27(26)18-9-6-8-17(13-18)24-20(21-2)23-14-16-7-4-5-10-19(16)25-12-11-22-15-25;/h4-5,7,10-12,15,17-18H,3,6,8-9,13-14H2,1-2H3,(H2,21,23,24);1H. The van der Waals surface area contributed by atoms with Crippen LogP contribution in [0.3, 0.4) is 0 Å². The van der Waals surface area contributed by atoms with E-state index in [4.69, 9.17) is 0 Å². The Morgan fingerprint density at radius 3 is 2.89 bits per heavy atom. The van der Waals surface area contributed by atoms with Crippen LogP contribution in [0.5, 0.6) is 0 Å². The zero-order valence-corrected chi connectivity index (χ0v) is 19.7. The van der Waals surface area contributed by atoms with E-state index < -0.39 is 10.8 Å². The number of nitrogens with zero attached hydrogens (tertiary/aromatic N) is 3. The smallest absolute Gasteiger partial charge is 0.191 e. The van der Waals surface area contributed by atoms with Crippen LogP contribution in [0, 0.1) is 0 Å². The first-order valence-electron chi connectivity index (χ1n) is 9.61. The van der Waals surface area contributed by atoms with Crippen molar-refractivity contribution in [3.63, 3.8) is 0 Å². The van der Waals surface area contributed by atoms with Crippen molar-refractivity contribution in [2.24, 2.45) is 4.99 Å². The lowest BCUT2D eigenvalue weighted by Gasteiger charge is -2.30. The zero-order chi connectivity index (χ0) is 19.1. The van der Waals surface area contributed by atoms with Crippen LogP contribution in [0.1, 0.15) is 38.2 Å². The quantitative estimate of drug-likeness (QED) is 0.352. The van der Waals surface area contributed by atoms with Crippen molar-refractivity contribution in [1.82, 2.24) is 20.2 Å². The summed E-state index contributed by atoms with van der Waals surface area (Å²) in [5.41, 5.74) is 2.28. The Balaban J connectivity index is 0.00000280. The first kappa shape index (κ1) is 22.9. The minimum Gasteiger partial charge on any atom is -0.354 e. The molecule has 0 spiro atoms. The molecule has 2 aromatic rings. The van der Waals surface area contributed by atoms with Gasteiger partial charge in [0, 0.05) is 53.8 Å². The lowest BCUT2D eigenvalue weighted by molar-refractivity contribution is 0.413. The van der Waals surface area contributed by atoms with E-state index in [1.807, 2.05) is 36.1 Å². The lowest BCUT2D eigenvalue weighted by atomic mass is 9.95. The van der Waals surface area contributed by atoms with Crippen LogP contribution in [0.25, 0.3) is 5.69 Å². The van der Waals surface area contributed by atoms with Crippen molar-refractivity contribution in [3.8, 4) is 5.69 Å². The van der Waals surface area contributed by atoms with Crippen molar-refractivity contribution < 1.29 is 4.21 Å². The van der Waals surface area contributed by atoms with Crippen LogP contribution in [0.15, 0.2) is 48.0 Å². The predicted molar refractivity (Wildman–Crippen MR) is 127 cm³/mol. The molecule has 3 unspecified atom stereocenters. The van der Waals surface area contributed by atoms with Crippen LogP contribution in [0.4, 0.5) is 0 Å². The van der Waals surface area contributed by atoms with Crippen LogP contribution in [0.2, 0.25) is 0 Å². The molecule has 1 saturated carbocycles. The number of hydrogen-bond acceptors (Lipinski definition) is 3. The lowest BCUT2D eigenvalue weighted by Crippen LogP contribution is -2.46. The van der Waals surface area contributed by atoms with E-state index in [0.717, 1.165) is 43.1 Å². The Labute approximate surface area is 187 Å². The van der Waals surface area contributed by atoms with Gasteiger partial charge in [-0.15, -0.1) is 24.0 Å². The third-order valence-electron chi connectivity index (χ3n) is 5.07. The van der Waals surface area contributed by atoms with Gasteiger partial charge in [0.2, 0.25) is 0 Å². The molecular formula is C20H30IN5OS. The number of aliphatic imine (C=N–C) groups is 1. The fourth-order valence-electron chi connectivity index (χ4n) is 3.63. The minimum atomic E-state index is -0.714. The van der Waals surface area contributed by atoms with E-state index in [1.54, 1.807) is 13.2 Å². The highest BCUT2D eigenvalue weighted by Crippen LogP contribution is 2.23. The Kier molecular flexibility index (Phi) is 9.43. The van der Waals surface area contributed by atoms with Gasteiger partial charge >= 0.3 is 0 Å². The normalized spacial score (nSPS) is 20.9. The van der Waals surface area contributed by atoms with E-state index in [-0.39, 0.29) is 24.0 Å². The summed E-state index contributed by atoms with van der Waals surface area (Å²) in [7, 11) is 1.08. The summed E-state index contributed by atoms with van der Waals surface area (Å²) >= 11 is 0. The molecule has 0 amide bonds. The first-order chi connectivity index (χ1) is 13.2. The van der Waals surface area contributed by atoms with Gasteiger partial charge < -0.3 is 15.2 Å². The molecule has 2 N–H and O–H groups in total. The largest absolute Gasteiger partial charge is 0.354 e. The van der Waals surface area contributed by atoms with E-state index in [0.29, 0.717) is 17.8 Å². The number of hydrogen-bond donors (Lipinski definition) is 2. The molecule has 0 bridgehead atoms. The summed E-state index contributed by atoms with van der Waals surface area (Å²) in [5, 5.41) is 7.25. The van der Waals surface area contributed by atoms with Gasteiger partial charge in [0.25, 0.3) is 0 Å². The second-order valence-corrected chi connectivity index (χ2v) is 8.83. The summed E-state index contributed by atoms with van der Waals surface area (Å²) in [5.74, 6) is 1.54. The van der Waals surface area contributed by atoms with E-state index >= 15 is 0 Å². The zero-order valence-electron chi connectivity index (χ0n) is 16.5. The van der Waals surface area contributed by atoms with Gasteiger partial charge in [0.05, 0.1) is 12.0 Å². The molecule has 1 fully saturated rings. The SMILES string of the molecule is CCS(=O)C1CCCC(NC(=NC)NCc2ccccc2-n2ccnc2)C1.I. The highest BCUT2D eigenvalue weighted by Gasteiger charge is 2.26. The Hall–Kier alpha value is -1.42. The summed E-state index contributed by atoms with van der Waals surface area (Å²) in [6.45, 7) is 2.68. The number of nitrogens with one attached hydrogen (secondary N) is 2. The van der Waals surface area contributed by atoms with Gasteiger partial charge in [0.1, 0.15) is 0 Å². The number of halogens is 1. The third-order valence-corrected chi connectivity index (χ3v) is 6.81. The molecule has 1 aromatic carbocycles. The first-order valence-corrected chi connectivity index (χ1v) is 11.0. The molecule has 1 aliphatic carbocycles. The number of benzene rings is 1. The molecule has 0 aliphatic heterocycles. The molecule has 154 valence electrons. The topological polar surface area (TPSA) is 71.3 Å². The summed E-state index contributed by atoms with van der Waals surface area (Å²) in [4.78, 5) is 8.52. The summed E-state index contributed by atoms with van der Waals surface area (Å²) in [6.07, 6.45) is 9.78. The molecule has 0 radical (unpaired) electrons. The maximum atomic E-state index is 12.2. The summed E-state index contributed by atoms with van der Waals surface area (Å²) in [6, 6.07) is 8.59. The van der Waals surface area contributed by atoms with E-state index in [9.17, 15) is 4.21 Å². The number of rotatable bonds is 6. The van der Waals surface area contributed by atoms with E-state index in [2.05, 4.69) is 32.7 Å². The van der Waals surface area contributed by atoms with Crippen LogP contribution in [-0.4, -0.2) is 43.8 Å². The molecule has 1 aliphatic rings. The number of imidazole rings is 1. The molecule has 3 atom stereocenters. The van der Waals surface area contributed by atoms with Gasteiger partial charge in [-0.05, 0) is 30.9 Å². The third kappa shape index (κ3) is 6.04. The van der Waals surface area contributed by atoms with Crippen LogP contribution >= 0.6 is 24.0 Å². The number of guanidine groups is 1. The van der Waals surface area contributed by atoms with E-state index in [1.165, 1.54) is 5.56 Å². The van der Waals surface area contributed by atoms with Crippen molar-refractivity contribution in [2.75, 3.05) is 12.8 Å². The van der Waals surface area contributed by atoms with Crippen molar-refractivity contribution >= 4 is 40.7 Å². The van der Waals surface area contributed by atoms with Gasteiger partial charge in [-0.2, -0.15) is 0 Å². The summed E-state index contributed by atoms with van der Waals surface area (Å²) < 4.78 is 14.2. The molecule has 0 saturated heterocycles.